The van der Waals surface area contributed by atoms with E-state index in [2.05, 4.69) is 15.5 Å². The van der Waals surface area contributed by atoms with Gasteiger partial charge in [-0.3, -0.25) is 14.4 Å². The van der Waals surface area contributed by atoms with Crippen molar-refractivity contribution in [1.82, 2.24) is 9.80 Å². The molecule has 4 rings (SSSR count). The van der Waals surface area contributed by atoms with Crippen molar-refractivity contribution >= 4 is 23.0 Å². The Kier molecular flexibility index (Phi) is 6.46. The first-order chi connectivity index (χ1) is 15.9. The molecule has 1 aliphatic rings. The van der Waals surface area contributed by atoms with E-state index in [-0.39, 0.29) is 40.3 Å². The number of phenols is 1. The Morgan fingerprint density at radius 1 is 0.970 bits per heavy atom. The largest absolute Gasteiger partial charge is 0.505 e. The fourth-order valence-electron chi connectivity index (χ4n) is 4.06. The number of likely N-dealkylation sites (N-methyl/N-ethyl adjacent to an activating group) is 1. The van der Waals surface area contributed by atoms with Gasteiger partial charge in [-0.15, -0.1) is 0 Å². The normalized spacial score (nSPS) is 15.4. The number of para-hydroxylation sites is 1. The van der Waals surface area contributed by atoms with Crippen LogP contribution in [-0.4, -0.2) is 54.0 Å². The number of hydrogen-bond donors (Lipinski definition) is 3. The molecule has 172 valence electrons. The summed E-state index contributed by atoms with van der Waals surface area (Å²) in [5.41, 5.74) is 0.388. The maximum absolute atomic E-state index is 12.9. The molecule has 0 radical (unpaired) electrons. The van der Waals surface area contributed by atoms with Gasteiger partial charge in [0.1, 0.15) is 11.4 Å². The number of amides is 1. The summed E-state index contributed by atoms with van der Waals surface area (Å²) >= 11 is 0. The van der Waals surface area contributed by atoms with Crippen LogP contribution < -0.4 is 21.5 Å². The van der Waals surface area contributed by atoms with E-state index in [9.17, 15) is 19.5 Å². The fraction of sp³-hybridized carbons (Fsp3) is 0.320. The van der Waals surface area contributed by atoms with E-state index in [1.165, 1.54) is 0 Å². The van der Waals surface area contributed by atoms with E-state index < -0.39 is 10.9 Å². The van der Waals surface area contributed by atoms with Crippen LogP contribution in [0.3, 0.4) is 0 Å². The first-order valence-electron chi connectivity index (χ1n) is 11.1. The summed E-state index contributed by atoms with van der Waals surface area (Å²) in [6, 6.07) is 14.3. The SMILES string of the molecule is CCC(Nc1c(Nc2cccc(C(=O)N3CCN(C)CC3)c2O)c(=O)c1=O)c1ccccc1. The zero-order valence-electron chi connectivity index (χ0n) is 18.8. The van der Waals surface area contributed by atoms with Gasteiger partial charge in [-0.25, -0.2) is 0 Å². The second-order valence-electron chi connectivity index (χ2n) is 8.35. The maximum Gasteiger partial charge on any atom is 0.257 e. The molecule has 3 aromatic carbocycles. The molecule has 0 saturated carbocycles. The predicted molar refractivity (Wildman–Crippen MR) is 129 cm³/mol. The monoisotopic (exact) mass is 448 g/mol. The van der Waals surface area contributed by atoms with Crippen molar-refractivity contribution in [3.8, 4) is 5.75 Å². The number of nitrogens with one attached hydrogen (secondary N) is 2. The summed E-state index contributed by atoms with van der Waals surface area (Å²) in [7, 11) is 2.00. The van der Waals surface area contributed by atoms with Crippen molar-refractivity contribution in [2.75, 3.05) is 43.9 Å². The Hall–Kier alpha value is -3.65. The molecule has 1 unspecified atom stereocenters. The standard InChI is InChI=1S/C25H28N4O4/c1-3-18(16-8-5-4-6-9-16)26-20-21(24(32)23(20)31)27-19-11-7-10-17(22(19)30)25(33)29-14-12-28(2)13-15-29/h4-11,18,26-27,30H,3,12-15H2,1-2H3. The van der Waals surface area contributed by atoms with E-state index in [1.54, 1.807) is 23.1 Å². The van der Waals surface area contributed by atoms with Crippen molar-refractivity contribution in [2.45, 2.75) is 19.4 Å². The minimum absolute atomic E-state index is 0.0916. The zero-order valence-corrected chi connectivity index (χ0v) is 18.8. The molecule has 1 heterocycles. The number of hydrogen-bond acceptors (Lipinski definition) is 7. The number of nitrogens with zero attached hydrogens (tertiary/aromatic N) is 2. The molecule has 1 saturated heterocycles. The number of phenolic OH excluding ortho intramolecular Hbond substituents is 1. The van der Waals surface area contributed by atoms with Gasteiger partial charge < -0.3 is 25.5 Å². The molecule has 3 aromatic rings. The number of benzene rings is 2. The first kappa shape index (κ1) is 22.5. The third-order valence-corrected chi connectivity index (χ3v) is 6.16. The summed E-state index contributed by atoms with van der Waals surface area (Å²) in [6.45, 7) is 4.68. The molecular formula is C25H28N4O4. The van der Waals surface area contributed by atoms with Crippen LogP contribution in [0.5, 0.6) is 5.75 Å². The Bertz CT molecular complexity index is 1210. The van der Waals surface area contributed by atoms with Crippen LogP contribution in [0.25, 0.3) is 0 Å². The van der Waals surface area contributed by atoms with Crippen LogP contribution in [0.15, 0.2) is 58.1 Å². The molecule has 0 bridgehead atoms. The number of carbonyl (C=O) groups is 1. The molecule has 0 aromatic heterocycles. The Balaban J connectivity index is 1.56. The Morgan fingerprint density at radius 3 is 2.30 bits per heavy atom. The van der Waals surface area contributed by atoms with Crippen LogP contribution in [0, 0.1) is 0 Å². The van der Waals surface area contributed by atoms with Gasteiger partial charge in [0, 0.05) is 26.2 Å². The second-order valence-corrected chi connectivity index (χ2v) is 8.35. The second kappa shape index (κ2) is 9.46. The van der Waals surface area contributed by atoms with Crippen molar-refractivity contribution in [3.05, 3.63) is 80.1 Å². The van der Waals surface area contributed by atoms with Crippen LogP contribution in [0.4, 0.5) is 17.1 Å². The van der Waals surface area contributed by atoms with E-state index in [0.717, 1.165) is 18.7 Å². The molecular weight excluding hydrogens is 420 g/mol. The van der Waals surface area contributed by atoms with Crippen LogP contribution in [0.1, 0.15) is 35.3 Å². The highest BCUT2D eigenvalue weighted by Crippen LogP contribution is 2.33. The van der Waals surface area contributed by atoms with Gasteiger partial charge in [0.05, 0.1) is 17.3 Å². The minimum atomic E-state index is -0.657. The average molecular weight is 449 g/mol. The first-order valence-corrected chi connectivity index (χ1v) is 11.1. The van der Waals surface area contributed by atoms with E-state index in [0.29, 0.717) is 19.5 Å². The smallest absolute Gasteiger partial charge is 0.257 e. The summed E-state index contributed by atoms with van der Waals surface area (Å²) in [6.07, 6.45) is 0.711. The van der Waals surface area contributed by atoms with Gasteiger partial charge in [-0.1, -0.05) is 43.3 Å². The number of anilines is 3. The highest BCUT2D eigenvalue weighted by molar-refractivity contribution is 5.99. The average Bonchev–Trinajstić information content (AvgIpc) is 2.85. The third kappa shape index (κ3) is 4.47. The third-order valence-electron chi connectivity index (χ3n) is 6.16. The van der Waals surface area contributed by atoms with Crippen molar-refractivity contribution in [3.63, 3.8) is 0 Å². The van der Waals surface area contributed by atoms with Gasteiger partial charge in [0.25, 0.3) is 16.8 Å². The minimum Gasteiger partial charge on any atom is -0.505 e. The van der Waals surface area contributed by atoms with Gasteiger partial charge >= 0.3 is 0 Å². The lowest BCUT2D eigenvalue weighted by Crippen LogP contribution is -2.47. The zero-order chi connectivity index (χ0) is 23.5. The van der Waals surface area contributed by atoms with E-state index >= 15 is 0 Å². The Morgan fingerprint density at radius 2 is 1.64 bits per heavy atom. The quantitative estimate of drug-likeness (QED) is 0.377. The van der Waals surface area contributed by atoms with Crippen LogP contribution >= 0.6 is 0 Å². The lowest BCUT2D eigenvalue weighted by atomic mass is 10.0. The van der Waals surface area contributed by atoms with Crippen molar-refractivity contribution in [2.24, 2.45) is 0 Å². The topological polar surface area (TPSA) is 102 Å². The van der Waals surface area contributed by atoms with Gasteiger partial charge in [0.2, 0.25) is 0 Å². The molecule has 3 N–H and O–H groups in total. The number of aromatic hydroxyl groups is 1. The maximum atomic E-state index is 12.9. The number of carbonyl (C=O) groups excluding carboxylic acids is 1. The van der Waals surface area contributed by atoms with Gasteiger partial charge in [0.15, 0.2) is 5.75 Å². The highest BCUT2D eigenvalue weighted by Gasteiger charge is 2.27. The van der Waals surface area contributed by atoms with Gasteiger partial charge in [-0.05, 0) is 31.2 Å². The fourth-order valence-corrected chi connectivity index (χ4v) is 4.06. The Labute approximate surface area is 192 Å². The van der Waals surface area contributed by atoms with Gasteiger partial charge in [-0.2, -0.15) is 0 Å². The van der Waals surface area contributed by atoms with Crippen LogP contribution in [0.2, 0.25) is 0 Å². The lowest BCUT2D eigenvalue weighted by Gasteiger charge is -2.32. The molecule has 1 aliphatic heterocycles. The molecule has 33 heavy (non-hydrogen) atoms. The lowest BCUT2D eigenvalue weighted by molar-refractivity contribution is 0.0661. The molecule has 8 nitrogen and oxygen atoms in total. The molecule has 0 spiro atoms. The molecule has 8 heteroatoms. The number of rotatable bonds is 7. The summed E-state index contributed by atoms with van der Waals surface area (Å²) < 4.78 is 0. The molecule has 1 atom stereocenters. The van der Waals surface area contributed by atoms with Crippen molar-refractivity contribution < 1.29 is 9.90 Å². The summed E-state index contributed by atoms with van der Waals surface area (Å²) in [5, 5.41) is 16.8. The number of piperazine rings is 1. The van der Waals surface area contributed by atoms with Crippen molar-refractivity contribution in [1.29, 1.82) is 0 Å². The van der Waals surface area contributed by atoms with E-state index in [1.807, 2.05) is 44.3 Å². The molecule has 0 aliphatic carbocycles. The predicted octanol–water partition coefficient (Wildman–Crippen LogP) is 2.68. The van der Waals surface area contributed by atoms with E-state index in [4.69, 9.17) is 0 Å². The highest BCUT2D eigenvalue weighted by atomic mass is 16.3. The molecule has 1 fully saturated rings. The molecule has 1 amide bonds. The summed E-state index contributed by atoms with van der Waals surface area (Å²) in [5.74, 6) is -0.502. The van der Waals surface area contributed by atoms with Crippen LogP contribution in [-0.2, 0) is 0 Å². The summed E-state index contributed by atoms with van der Waals surface area (Å²) in [4.78, 5) is 41.4.